The van der Waals surface area contributed by atoms with E-state index < -0.39 is 11.6 Å². The molecule has 2 unspecified atom stereocenters. The topological polar surface area (TPSA) is 102 Å². The van der Waals surface area contributed by atoms with Crippen LogP contribution < -0.4 is 10.5 Å². The molecule has 0 aromatic heterocycles. The van der Waals surface area contributed by atoms with E-state index in [0.29, 0.717) is 30.1 Å². The average Bonchev–Trinajstić information content (AvgIpc) is 2.95. The molecule has 4 N–H and O–H groups in total. The number of nitrogens with zero attached hydrogens (tertiary/aromatic N) is 3. The normalized spacial score (nSPS) is 16.4. The van der Waals surface area contributed by atoms with Crippen molar-refractivity contribution in [1.82, 2.24) is 14.7 Å². The summed E-state index contributed by atoms with van der Waals surface area (Å²) in [5.41, 5.74) is 9.64. The van der Waals surface area contributed by atoms with Gasteiger partial charge in [0.05, 0.1) is 24.4 Å². The number of phenolic OH excluding ortho intramolecular Hbond substituents is 2. The number of hydrogen-bond acceptors (Lipinski definition) is 6. The van der Waals surface area contributed by atoms with Gasteiger partial charge in [0.25, 0.3) is 0 Å². The Morgan fingerprint density at radius 2 is 1.43 bits per heavy atom. The zero-order valence-corrected chi connectivity index (χ0v) is 25.6. The van der Waals surface area contributed by atoms with Crippen molar-refractivity contribution < 1.29 is 19.7 Å². The minimum Gasteiger partial charge on any atom is -0.508 e. The number of amides is 2. The lowest BCUT2D eigenvalue weighted by molar-refractivity contribution is 0.113. The summed E-state index contributed by atoms with van der Waals surface area (Å²) in [6.07, 6.45) is 0. The molecule has 8 heteroatoms. The molecule has 224 valence electrons. The fourth-order valence-electron chi connectivity index (χ4n) is 5.46. The number of benzene rings is 3. The summed E-state index contributed by atoms with van der Waals surface area (Å²) in [7, 11) is 3.66. The Morgan fingerprint density at radius 3 is 1.95 bits per heavy atom. The number of ether oxygens (including phenoxy) is 1. The molecular weight excluding hydrogens is 528 g/mol. The molecule has 2 atom stereocenters. The summed E-state index contributed by atoms with van der Waals surface area (Å²) in [4.78, 5) is 20.4. The minimum atomic E-state index is -1.14. The number of likely N-dealkylation sites (N-methyl/N-ethyl adjacent to an activating group) is 1. The van der Waals surface area contributed by atoms with E-state index in [9.17, 15) is 15.0 Å². The Hall–Kier alpha value is -4.01. The first-order chi connectivity index (χ1) is 19.7. The molecule has 0 bridgehead atoms. The summed E-state index contributed by atoms with van der Waals surface area (Å²) in [5, 5.41) is 20.1. The molecule has 0 saturated carbocycles. The van der Waals surface area contributed by atoms with Crippen LogP contribution in [0.3, 0.4) is 0 Å². The lowest BCUT2D eigenvalue weighted by Crippen LogP contribution is -2.56. The van der Waals surface area contributed by atoms with Crippen molar-refractivity contribution in [1.29, 1.82) is 0 Å². The van der Waals surface area contributed by atoms with E-state index in [1.165, 1.54) is 0 Å². The van der Waals surface area contributed by atoms with E-state index in [0.717, 1.165) is 29.8 Å². The van der Waals surface area contributed by atoms with Gasteiger partial charge in [0, 0.05) is 31.7 Å². The molecule has 3 aromatic rings. The molecule has 42 heavy (non-hydrogen) atoms. The number of carbonyl (C=O) groups is 1. The first-order valence-electron chi connectivity index (χ1n) is 14.3. The van der Waals surface area contributed by atoms with Crippen LogP contribution in [-0.4, -0.2) is 71.3 Å². The molecular formula is C34H44N4O4. The molecule has 1 heterocycles. The van der Waals surface area contributed by atoms with E-state index in [2.05, 4.69) is 32.3 Å². The van der Waals surface area contributed by atoms with Crippen molar-refractivity contribution in [2.75, 3.05) is 40.3 Å². The fourth-order valence-corrected chi connectivity index (χ4v) is 5.46. The van der Waals surface area contributed by atoms with Gasteiger partial charge in [-0.1, -0.05) is 57.7 Å². The third-order valence-corrected chi connectivity index (χ3v) is 8.17. The van der Waals surface area contributed by atoms with E-state index in [1.807, 2.05) is 37.1 Å². The van der Waals surface area contributed by atoms with Crippen LogP contribution in [0.1, 0.15) is 56.0 Å². The van der Waals surface area contributed by atoms with Crippen molar-refractivity contribution in [2.24, 2.45) is 5.73 Å². The molecule has 1 aliphatic rings. The maximum atomic E-state index is 14.6. The molecule has 0 radical (unpaired) electrons. The smallest absolute Gasteiger partial charge is 0.325 e. The second-order valence-corrected chi connectivity index (χ2v) is 12.4. The zero-order valence-electron chi connectivity index (χ0n) is 25.6. The predicted octanol–water partition coefficient (Wildman–Crippen LogP) is 5.66. The summed E-state index contributed by atoms with van der Waals surface area (Å²) in [6, 6.07) is 18.5. The average molecular weight is 573 g/mol. The number of rotatable bonds is 7. The highest BCUT2D eigenvalue weighted by Crippen LogP contribution is 2.44. The monoisotopic (exact) mass is 572 g/mol. The Balaban J connectivity index is 1.93. The van der Waals surface area contributed by atoms with Crippen LogP contribution in [0.25, 0.3) is 5.70 Å². The van der Waals surface area contributed by atoms with E-state index in [4.69, 9.17) is 10.5 Å². The standard InChI is InChI=1S/C34H44N4O4/c1-23(29-17-12-26(33(2,3)4)22-30(29)42-7)38(32(41)37-20-18-36(6)19-21-37)31(24-8-13-27(39)14-9-24)34(5,35)25-10-15-28(40)16-11-25/h8-17,22,31,39-40H,1,18-21,35H2,2-7H3. The summed E-state index contributed by atoms with van der Waals surface area (Å²) in [5.74, 6) is 0.835. The third kappa shape index (κ3) is 6.40. The second kappa shape index (κ2) is 12.1. The molecule has 3 aromatic carbocycles. The second-order valence-electron chi connectivity index (χ2n) is 12.4. The maximum Gasteiger partial charge on any atom is 0.325 e. The van der Waals surface area contributed by atoms with Gasteiger partial charge in [-0.3, -0.25) is 4.90 Å². The summed E-state index contributed by atoms with van der Waals surface area (Å²) in [6.45, 7) is 15.4. The minimum absolute atomic E-state index is 0.105. The van der Waals surface area contributed by atoms with Crippen LogP contribution in [0.5, 0.6) is 17.2 Å². The number of aromatic hydroxyl groups is 2. The quantitative estimate of drug-likeness (QED) is 0.338. The van der Waals surface area contributed by atoms with Gasteiger partial charge in [0.1, 0.15) is 17.2 Å². The number of hydrogen-bond donors (Lipinski definition) is 3. The largest absolute Gasteiger partial charge is 0.508 e. The number of nitrogens with two attached hydrogens (primary N) is 1. The van der Waals surface area contributed by atoms with Gasteiger partial charge in [-0.15, -0.1) is 0 Å². The van der Waals surface area contributed by atoms with Gasteiger partial charge < -0.3 is 30.5 Å². The van der Waals surface area contributed by atoms with Gasteiger partial charge in [-0.25, -0.2) is 4.79 Å². The molecule has 0 spiro atoms. The number of urea groups is 1. The first-order valence-corrected chi connectivity index (χ1v) is 14.3. The first kappa shape index (κ1) is 30.9. The highest BCUT2D eigenvalue weighted by atomic mass is 16.5. The third-order valence-electron chi connectivity index (χ3n) is 8.17. The molecule has 1 saturated heterocycles. The molecule has 1 fully saturated rings. The number of methoxy groups -OCH3 is 1. The Kier molecular flexibility index (Phi) is 8.89. The fraction of sp³-hybridized carbons (Fsp3) is 0.382. The van der Waals surface area contributed by atoms with Crippen molar-refractivity contribution in [3.05, 3.63) is 95.6 Å². The Labute approximate surface area is 249 Å². The lowest BCUT2D eigenvalue weighted by atomic mass is 9.80. The van der Waals surface area contributed by atoms with Crippen molar-refractivity contribution in [3.63, 3.8) is 0 Å². The van der Waals surface area contributed by atoms with E-state index in [1.54, 1.807) is 60.5 Å². The van der Waals surface area contributed by atoms with Gasteiger partial charge in [-0.05, 0) is 72.5 Å². The highest BCUT2D eigenvalue weighted by Gasteiger charge is 2.43. The predicted molar refractivity (Wildman–Crippen MR) is 168 cm³/mol. The molecule has 1 aliphatic heterocycles. The zero-order chi connectivity index (χ0) is 30.8. The van der Waals surface area contributed by atoms with Gasteiger partial charge in [0.15, 0.2) is 0 Å². The van der Waals surface area contributed by atoms with E-state index in [-0.39, 0.29) is 22.9 Å². The lowest BCUT2D eigenvalue weighted by Gasteiger charge is -2.46. The van der Waals surface area contributed by atoms with Crippen molar-refractivity contribution in [2.45, 2.75) is 44.7 Å². The summed E-state index contributed by atoms with van der Waals surface area (Å²) >= 11 is 0. The van der Waals surface area contributed by atoms with Crippen LogP contribution in [0, 0.1) is 0 Å². The van der Waals surface area contributed by atoms with E-state index >= 15 is 0 Å². The highest BCUT2D eigenvalue weighted by molar-refractivity contribution is 5.87. The van der Waals surface area contributed by atoms with Crippen LogP contribution >= 0.6 is 0 Å². The van der Waals surface area contributed by atoms with Gasteiger partial charge >= 0.3 is 6.03 Å². The van der Waals surface area contributed by atoms with Crippen LogP contribution in [0.15, 0.2) is 73.3 Å². The maximum absolute atomic E-state index is 14.6. The number of piperazine rings is 1. The molecule has 2 amide bonds. The number of phenols is 2. The van der Waals surface area contributed by atoms with Crippen LogP contribution in [0.2, 0.25) is 0 Å². The SMILES string of the molecule is C=C(c1ccc(C(C)(C)C)cc1OC)N(C(=O)N1CCN(C)CC1)C(c1ccc(O)cc1)C(C)(N)c1ccc(O)cc1. The van der Waals surface area contributed by atoms with Crippen molar-refractivity contribution in [3.8, 4) is 17.2 Å². The van der Waals surface area contributed by atoms with Gasteiger partial charge in [-0.2, -0.15) is 0 Å². The number of carbonyl (C=O) groups excluding carboxylic acids is 1. The van der Waals surface area contributed by atoms with Crippen LogP contribution in [-0.2, 0) is 11.0 Å². The molecule has 4 rings (SSSR count). The Bertz CT molecular complexity index is 1400. The van der Waals surface area contributed by atoms with Crippen LogP contribution in [0.4, 0.5) is 4.79 Å². The Morgan fingerprint density at radius 1 is 0.905 bits per heavy atom. The van der Waals surface area contributed by atoms with Crippen molar-refractivity contribution >= 4 is 11.7 Å². The molecule has 0 aliphatic carbocycles. The van der Waals surface area contributed by atoms with Gasteiger partial charge in [0.2, 0.25) is 0 Å². The molecule has 8 nitrogen and oxygen atoms in total. The summed E-state index contributed by atoms with van der Waals surface area (Å²) < 4.78 is 5.87.